The van der Waals surface area contributed by atoms with Crippen molar-refractivity contribution in [3.05, 3.63) is 70.8 Å². The van der Waals surface area contributed by atoms with E-state index < -0.39 is 12.1 Å². The van der Waals surface area contributed by atoms with E-state index in [9.17, 15) is 24.9 Å². The second-order valence-corrected chi connectivity index (χ2v) is 10.4. The first-order chi connectivity index (χ1) is 19.3. The normalized spacial score (nSPS) is 17.4. The van der Waals surface area contributed by atoms with Crippen LogP contribution in [0.3, 0.4) is 0 Å². The van der Waals surface area contributed by atoms with Crippen molar-refractivity contribution in [3.63, 3.8) is 0 Å². The number of nitrogens with one attached hydrogen (secondary N) is 2. The molecule has 2 atom stereocenters. The SMILES string of the molecule is CN[C@@H](C)C(=O)N[C@H]1CN(C(C)=O)c2cc(C#N)ccc2N(Cc2c(C3CC3)ccc3c(C#N)cccc23)C1=O. The van der Waals surface area contributed by atoms with Crippen LogP contribution >= 0.6 is 0 Å². The van der Waals surface area contributed by atoms with Crippen molar-refractivity contribution in [2.24, 2.45) is 0 Å². The molecule has 0 aromatic heterocycles. The third kappa shape index (κ3) is 4.88. The van der Waals surface area contributed by atoms with Gasteiger partial charge in [0.15, 0.2) is 0 Å². The largest absolute Gasteiger partial charge is 0.341 e. The molecule has 0 saturated heterocycles. The Morgan fingerprint density at radius 2 is 1.82 bits per heavy atom. The predicted octanol–water partition coefficient (Wildman–Crippen LogP) is 3.45. The lowest BCUT2D eigenvalue weighted by atomic mass is 9.93. The summed E-state index contributed by atoms with van der Waals surface area (Å²) >= 11 is 0. The molecule has 1 aliphatic heterocycles. The lowest BCUT2D eigenvalue weighted by Crippen LogP contribution is -2.55. The molecule has 0 unspecified atom stereocenters. The van der Waals surface area contributed by atoms with Crippen molar-refractivity contribution in [1.29, 1.82) is 10.5 Å². The molecule has 0 radical (unpaired) electrons. The van der Waals surface area contributed by atoms with E-state index >= 15 is 0 Å². The number of nitrogens with zero attached hydrogens (tertiary/aromatic N) is 4. The predicted molar refractivity (Wildman–Crippen MR) is 151 cm³/mol. The fourth-order valence-electron chi connectivity index (χ4n) is 5.35. The third-order valence-corrected chi connectivity index (χ3v) is 7.80. The van der Waals surface area contributed by atoms with Gasteiger partial charge >= 0.3 is 0 Å². The molecule has 1 aliphatic carbocycles. The summed E-state index contributed by atoms with van der Waals surface area (Å²) in [6.07, 6.45) is 2.09. The van der Waals surface area contributed by atoms with Gasteiger partial charge in [-0.1, -0.05) is 24.3 Å². The molecule has 5 rings (SSSR count). The van der Waals surface area contributed by atoms with Gasteiger partial charge in [-0.3, -0.25) is 14.4 Å². The molecule has 2 aliphatic rings. The molecule has 2 N–H and O–H groups in total. The molecule has 202 valence electrons. The Hall–Kier alpha value is -4.73. The zero-order chi connectivity index (χ0) is 28.6. The Labute approximate surface area is 233 Å². The van der Waals surface area contributed by atoms with Gasteiger partial charge in [0.1, 0.15) is 6.04 Å². The average Bonchev–Trinajstić information content (AvgIpc) is 3.82. The molecule has 1 saturated carbocycles. The van der Waals surface area contributed by atoms with Crippen LogP contribution in [0, 0.1) is 22.7 Å². The van der Waals surface area contributed by atoms with Crippen LogP contribution in [0.1, 0.15) is 54.9 Å². The monoisotopic (exact) mass is 534 g/mol. The molecular formula is C31H30N6O3. The van der Waals surface area contributed by atoms with Gasteiger partial charge in [-0.2, -0.15) is 10.5 Å². The second kappa shape index (κ2) is 10.8. The van der Waals surface area contributed by atoms with Crippen LogP contribution in [0.5, 0.6) is 0 Å². The fraction of sp³-hybridized carbons (Fsp3) is 0.323. The highest BCUT2D eigenvalue weighted by Crippen LogP contribution is 2.45. The van der Waals surface area contributed by atoms with Crippen LogP contribution < -0.4 is 20.4 Å². The highest BCUT2D eigenvalue weighted by Gasteiger charge is 2.38. The second-order valence-electron chi connectivity index (χ2n) is 10.4. The van der Waals surface area contributed by atoms with Crippen molar-refractivity contribution in [3.8, 4) is 12.1 Å². The number of nitriles is 2. The van der Waals surface area contributed by atoms with Gasteiger partial charge in [0, 0.05) is 6.92 Å². The number of likely N-dealkylation sites (N-methyl/N-ethyl adjacent to an activating group) is 1. The van der Waals surface area contributed by atoms with Crippen molar-refractivity contribution in [1.82, 2.24) is 10.6 Å². The maximum atomic E-state index is 14.3. The molecule has 40 heavy (non-hydrogen) atoms. The molecule has 3 aromatic rings. The van der Waals surface area contributed by atoms with Crippen molar-refractivity contribution < 1.29 is 14.4 Å². The van der Waals surface area contributed by atoms with Crippen molar-refractivity contribution >= 4 is 39.9 Å². The molecule has 0 bridgehead atoms. The number of rotatable bonds is 6. The molecule has 9 heteroatoms. The Morgan fingerprint density at radius 1 is 1.05 bits per heavy atom. The van der Waals surface area contributed by atoms with Crippen LogP contribution in [-0.2, 0) is 20.9 Å². The number of fused-ring (bicyclic) bond motifs is 2. The zero-order valence-corrected chi connectivity index (χ0v) is 22.7. The minimum absolute atomic E-state index is 0.0711. The molecule has 3 amide bonds. The van der Waals surface area contributed by atoms with Gasteiger partial charge in [0.05, 0.1) is 53.8 Å². The molecular weight excluding hydrogens is 504 g/mol. The number of anilines is 2. The third-order valence-electron chi connectivity index (χ3n) is 7.80. The summed E-state index contributed by atoms with van der Waals surface area (Å²) in [6, 6.07) is 17.3. The van der Waals surface area contributed by atoms with E-state index in [4.69, 9.17) is 0 Å². The standard InChI is InChI=1S/C31H30N6O3/c1-18(34-3)30(39)35-27-17-36(19(2)38)29-13-20(14-32)7-12-28(29)37(31(27)40)16-26-23(21-8-9-21)10-11-24-22(15-33)5-4-6-25(24)26/h4-7,10-13,18,21,27,34H,8-9,16-17H2,1-3H3,(H,35,39)/t18-,27-/m0/s1. The van der Waals surface area contributed by atoms with Crippen molar-refractivity contribution in [2.45, 2.75) is 51.2 Å². The van der Waals surface area contributed by atoms with Crippen LogP contribution in [0.25, 0.3) is 10.8 Å². The van der Waals surface area contributed by atoms with Crippen LogP contribution in [-0.4, -0.2) is 43.4 Å². The highest BCUT2D eigenvalue weighted by atomic mass is 16.2. The molecule has 1 heterocycles. The number of amides is 3. The average molecular weight is 535 g/mol. The van der Waals surface area contributed by atoms with Crippen molar-refractivity contribution in [2.75, 3.05) is 23.4 Å². The molecule has 1 fully saturated rings. The van der Waals surface area contributed by atoms with Gasteiger partial charge in [-0.05, 0) is 78.9 Å². The van der Waals surface area contributed by atoms with E-state index in [2.05, 4.69) is 22.8 Å². The summed E-state index contributed by atoms with van der Waals surface area (Å²) in [5, 5.41) is 26.7. The summed E-state index contributed by atoms with van der Waals surface area (Å²) in [7, 11) is 1.65. The maximum Gasteiger partial charge on any atom is 0.251 e. The van der Waals surface area contributed by atoms with E-state index in [0.29, 0.717) is 28.4 Å². The molecule has 9 nitrogen and oxygen atoms in total. The number of carbonyl (C=O) groups excluding carboxylic acids is 3. The van der Waals surface area contributed by atoms with E-state index in [1.54, 1.807) is 43.1 Å². The van der Waals surface area contributed by atoms with E-state index in [-0.39, 0.29) is 30.8 Å². The summed E-state index contributed by atoms with van der Waals surface area (Å²) in [6.45, 7) is 3.20. The Balaban J connectivity index is 1.69. The number of hydrogen-bond acceptors (Lipinski definition) is 6. The minimum atomic E-state index is -1.01. The highest BCUT2D eigenvalue weighted by molar-refractivity contribution is 6.08. The smallest absolute Gasteiger partial charge is 0.251 e. The van der Waals surface area contributed by atoms with E-state index in [0.717, 1.165) is 34.7 Å². The maximum absolute atomic E-state index is 14.3. The first-order valence-corrected chi connectivity index (χ1v) is 13.3. The van der Waals surface area contributed by atoms with Crippen LogP contribution in [0.15, 0.2) is 48.5 Å². The molecule has 3 aromatic carbocycles. The summed E-state index contributed by atoms with van der Waals surface area (Å²) in [4.78, 5) is 43.1. The van der Waals surface area contributed by atoms with Gasteiger partial charge in [0.25, 0.3) is 5.91 Å². The zero-order valence-electron chi connectivity index (χ0n) is 22.7. The lowest BCUT2D eigenvalue weighted by molar-refractivity contribution is -0.128. The number of benzene rings is 3. The first-order valence-electron chi connectivity index (χ1n) is 13.3. The van der Waals surface area contributed by atoms with Crippen LogP contribution in [0.2, 0.25) is 0 Å². The Bertz CT molecular complexity index is 1610. The first kappa shape index (κ1) is 26.9. The summed E-state index contributed by atoms with van der Waals surface area (Å²) in [5.41, 5.74) is 3.88. The van der Waals surface area contributed by atoms with Gasteiger partial charge in [-0.25, -0.2) is 0 Å². The van der Waals surface area contributed by atoms with E-state index in [1.807, 2.05) is 24.3 Å². The minimum Gasteiger partial charge on any atom is -0.341 e. The fourth-order valence-corrected chi connectivity index (χ4v) is 5.35. The number of carbonyl (C=O) groups is 3. The van der Waals surface area contributed by atoms with E-state index in [1.165, 1.54) is 11.8 Å². The van der Waals surface area contributed by atoms with Gasteiger partial charge in [0.2, 0.25) is 11.8 Å². The quantitative estimate of drug-likeness (QED) is 0.498. The Morgan fingerprint density at radius 3 is 2.48 bits per heavy atom. The van der Waals surface area contributed by atoms with Crippen LogP contribution in [0.4, 0.5) is 11.4 Å². The summed E-state index contributed by atoms with van der Waals surface area (Å²) < 4.78 is 0. The van der Waals surface area contributed by atoms with Gasteiger partial charge in [-0.15, -0.1) is 0 Å². The van der Waals surface area contributed by atoms with Gasteiger partial charge < -0.3 is 20.4 Å². The Kier molecular flexibility index (Phi) is 7.25. The lowest BCUT2D eigenvalue weighted by Gasteiger charge is -2.28. The topological polar surface area (TPSA) is 129 Å². The summed E-state index contributed by atoms with van der Waals surface area (Å²) in [5.74, 6) is -0.667. The number of hydrogen-bond donors (Lipinski definition) is 2. The molecule has 0 spiro atoms.